The summed E-state index contributed by atoms with van der Waals surface area (Å²) in [4.78, 5) is 34.1. The molecular formula is C14H20INO8S. The molecule has 2 heterocycles. The summed E-state index contributed by atoms with van der Waals surface area (Å²) in [7, 11) is 0. The number of rotatable bonds is 6. The standard InChI is InChI=1S/C14H20INO8S/c1-6(17)20-10-9(22-12-11(10)23-14(2,3)24-12)7(4-15)21-13(19)25-5-8(16)18/h7,9-12H,4-5H2,1-3H3,(H2,16,18)/t7-,9-,10+,11-,12-/m1/s1. The van der Waals surface area contributed by atoms with Gasteiger partial charge in [0.15, 0.2) is 24.3 Å². The van der Waals surface area contributed by atoms with Crippen LogP contribution in [-0.4, -0.2) is 63.9 Å². The zero-order valence-electron chi connectivity index (χ0n) is 13.9. The number of carbonyl (C=O) groups excluding carboxylic acids is 3. The fourth-order valence-electron chi connectivity index (χ4n) is 2.60. The molecule has 0 bridgehead atoms. The lowest BCUT2D eigenvalue weighted by molar-refractivity contribution is -0.227. The highest BCUT2D eigenvalue weighted by Crippen LogP contribution is 2.40. The number of hydrogen-bond donors (Lipinski definition) is 1. The summed E-state index contributed by atoms with van der Waals surface area (Å²) < 4.78 is 28.3. The molecular weight excluding hydrogens is 469 g/mol. The third-order valence-electron chi connectivity index (χ3n) is 3.43. The van der Waals surface area contributed by atoms with E-state index in [9.17, 15) is 14.4 Å². The second kappa shape index (κ2) is 8.37. The van der Waals surface area contributed by atoms with Crippen LogP contribution in [0.3, 0.4) is 0 Å². The predicted molar refractivity (Wildman–Crippen MR) is 95.1 cm³/mol. The van der Waals surface area contributed by atoms with Crippen LogP contribution in [0.1, 0.15) is 20.8 Å². The molecule has 2 aliphatic rings. The van der Waals surface area contributed by atoms with Crippen LogP contribution in [0.2, 0.25) is 0 Å². The Morgan fingerprint density at radius 3 is 2.56 bits per heavy atom. The number of thioether (sulfide) groups is 1. The summed E-state index contributed by atoms with van der Waals surface area (Å²) in [5.74, 6) is -2.18. The van der Waals surface area contributed by atoms with Crippen LogP contribution in [0.25, 0.3) is 0 Å². The molecule has 0 aromatic rings. The van der Waals surface area contributed by atoms with Crippen LogP contribution in [0.5, 0.6) is 0 Å². The number of hydrogen-bond acceptors (Lipinski definition) is 9. The lowest BCUT2D eigenvalue weighted by Crippen LogP contribution is -2.45. The minimum Gasteiger partial charge on any atom is -0.457 e. The molecule has 142 valence electrons. The Hall–Kier alpha value is -0.630. The number of fused-ring (bicyclic) bond motifs is 1. The van der Waals surface area contributed by atoms with Gasteiger partial charge in [-0.15, -0.1) is 0 Å². The van der Waals surface area contributed by atoms with E-state index in [2.05, 4.69) is 0 Å². The van der Waals surface area contributed by atoms with Crippen molar-refractivity contribution in [3.8, 4) is 0 Å². The molecule has 0 saturated carbocycles. The largest absolute Gasteiger partial charge is 0.457 e. The van der Waals surface area contributed by atoms with Gasteiger partial charge in [0.25, 0.3) is 0 Å². The Balaban J connectivity index is 2.07. The van der Waals surface area contributed by atoms with E-state index in [1.807, 2.05) is 22.6 Å². The van der Waals surface area contributed by atoms with E-state index < -0.39 is 53.7 Å². The highest BCUT2D eigenvalue weighted by molar-refractivity contribution is 14.1. The van der Waals surface area contributed by atoms with Gasteiger partial charge in [-0.2, -0.15) is 0 Å². The summed E-state index contributed by atoms with van der Waals surface area (Å²) in [5.41, 5.74) is 5.01. The van der Waals surface area contributed by atoms with Crippen molar-refractivity contribution in [3.05, 3.63) is 0 Å². The fraction of sp³-hybridized carbons (Fsp3) is 0.786. The van der Waals surface area contributed by atoms with E-state index in [0.717, 1.165) is 0 Å². The zero-order valence-corrected chi connectivity index (χ0v) is 16.9. The van der Waals surface area contributed by atoms with Crippen molar-refractivity contribution in [2.75, 3.05) is 10.2 Å². The minimum atomic E-state index is -0.869. The second-order valence-corrected chi connectivity index (χ2v) is 7.75. The maximum absolute atomic E-state index is 11.9. The lowest BCUT2D eigenvalue weighted by atomic mass is 10.1. The Morgan fingerprint density at radius 2 is 2.00 bits per heavy atom. The summed E-state index contributed by atoms with van der Waals surface area (Å²) >= 11 is 2.69. The highest BCUT2D eigenvalue weighted by Gasteiger charge is 2.58. The Kier molecular flexibility index (Phi) is 6.93. The molecule has 9 nitrogen and oxygen atoms in total. The number of primary amides is 1. The van der Waals surface area contributed by atoms with Gasteiger partial charge >= 0.3 is 11.3 Å². The molecule has 0 aliphatic carbocycles. The smallest absolute Gasteiger partial charge is 0.368 e. The van der Waals surface area contributed by atoms with E-state index >= 15 is 0 Å². The summed E-state index contributed by atoms with van der Waals surface area (Å²) in [5, 5.41) is -0.662. The molecule has 2 aliphatic heterocycles. The number of amides is 1. The van der Waals surface area contributed by atoms with Crippen molar-refractivity contribution in [2.45, 2.75) is 57.3 Å². The van der Waals surface area contributed by atoms with Gasteiger partial charge < -0.3 is 29.4 Å². The first-order valence-corrected chi connectivity index (χ1v) is 10.00. The molecule has 1 amide bonds. The van der Waals surface area contributed by atoms with E-state index in [1.165, 1.54) is 6.92 Å². The van der Waals surface area contributed by atoms with Gasteiger partial charge in [0, 0.05) is 11.4 Å². The van der Waals surface area contributed by atoms with Crippen molar-refractivity contribution in [3.63, 3.8) is 0 Å². The number of halogens is 1. The van der Waals surface area contributed by atoms with Crippen LogP contribution < -0.4 is 5.73 Å². The van der Waals surface area contributed by atoms with E-state index in [1.54, 1.807) is 13.8 Å². The Morgan fingerprint density at radius 1 is 1.32 bits per heavy atom. The lowest BCUT2D eigenvalue weighted by Gasteiger charge is -2.29. The number of nitrogens with two attached hydrogens (primary N) is 1. The Labute approximate surface area is 162 Å². The van der Waals surface area contributed by atoms with Crippen LogP contribution in [-0.2, 0) is 33.3 Å². The normalized spacial score (nSPS) is 31.2. The van der Waals surface area contributed by atoms with Crippen molar-refractivity contribution < 1.29 is 38.1 Å². The number of esters is 1. The number of alkyl halides is 1. The van der Waals surface area contributed by atoms with Gasteiger partial charge in [0.05, 0.1) is 5.75 Å². The molecule has 0 aromatic heterocycles. The maximum Gasteiger partial charge on any atom is 0.368 e. The van der Waals surface area contributed by atoms with E-state index in [-0.39, 0.29) is 5.75 Å². The van der Waals surface area contributed by atoms with Crippen molar-refractivity contribution in [1.82, 2.24) is 0 Å². The van der Waals surface area contributed by atoms with Gasteiger partial charge in [0.2, 0.25) is 5.91 Å². The molecule has 2 rings (SSSR count). The topological polar surface area (TPSA) is 123 Å². The molecule has 2 N–H and O–H groups in total. The van der Waals surface area contributed by atoms with Gasteiger partial charge in [-0.05, 0) is 25.6 Å². The minimum absolute atomic E-state index is 0.183. The van der Waals surface area contributed by atoms with Crippen molar-refractivity contribution in [2.24, 2.45) is 5.73 Å². The van der Waals surface area contributed by atoms with Crippen LogP contribution in [0, 0.1) is 0 Å². The Bertz CT molecular complexity index is 545. The number of ether oxygens (including phenoxy) is 5. The summed E-state index contributed by atoms with van der Waals surface area (Å²) in [6.45, 7) is 4.73. The van der Waals surface area contributed by atoms with Gasteiger partial charge in [-0.1, -0.05) is 22.6 Å². The molecule has 11 heteroatoms. The van der Waals surface area contributed by atoms with Crippen LogP contribution in [0.4, 0.5) is 4.79 Å². The molecule has 0 radical (unpaired) electrons. The van der Waals surface area contributed by atoms with Crippen molar-refractivity contribution in [1.29, 1.82) is 0 Å². The molecule has 2 saturated heterocycles. The quantitative estimate of drug-likeness (QED) is 0.330. The highest BCUT2D eigenvalue weighted by atomic mass is 127. The first-order valence-electron chi connectivity index (χ1n) is 7.49. The predicted octanol–water partition coefficient (Wildman–Crippen LogP) is 0.953. The monoisotopic (exact) mass is 489 g/mol. The molecule has 0 spiro atoms. The SMILES string of the molecule is CC(=O)O[C@@H]1[C@H]2OC(C)(C)O[C@H]2O[C@@H]1[C@@H](CI)OC(=O)SCC(N)=O. The van der Waals surface area contributed by atoms with Crippen LogP contribution >= 0.6 is 34.4 Å². The summed E-state index contributed by atoms with van der Waals surface area (Å²) in [6.07, 6.45) is -3.58. The average molecular weight is 489 g/mol. The molecule has 2 fully saturated rings. The van der Waals surface area contributed by atoms with Gasteiger partial charge in [-0.3, -0.25) is 9.59 Å². The van der Waals surface area contributed by atoms with Crippen molar-refractivity contribution >= 4 is 51.5 Å². The molecule has 5 atom stereocenters. The van der Waals surface area contributed by atoms with E-state index in [4.69, 9.17) is 29.4 Å². The van der Waals surface area contributed by atoms with Gasteiger partial charge in [-0.25, -0.2) is 4.79 Å². The second-order valence-electron chi connectivity index (χ2n) is 5.96. The number of carbonyl (C=O) groups is 3. The summed E-state index contributed by atoms with van der Waals surface area (Å²) in [6, 6.07) is 0. The zero-order chi connectivity index (χ0) is 18.8. The first-order chi connectivity index (χ1) is 11.6. The van der Waals surface area contributed by atoms with E-state index in [0.29, 0.717) is 16.2 Å². The maximum atomic E-state index is 11.9. The first kappa shape index (κ1) is 20.7. The van der Waals surface area contributed by atoms with Gasteiger partial charge in [0.1, 0.15) is 12.2 Å². The van der Waals surface area contributed by atoms with Crippen LogP contribution in [0.15, 0.2) is 0 Å². The molecule has 0 aromatic carbocycles. The molecule has 25 heavy (non-hydrogen) atoms. The third kappa shape index (κ3) is 5.42. The third-order valence-corrected chi connectivity index (χ3v) is 5.06. The fourth-order valence-corrected chi connectivity index (χ4v) is 3.74. The molecule has 0 unspecified atom stereocenters. The average Bonchev–Trinajstić information content (AvgIpc) is 2.95.